The molecule has 0 amide bonds. The number of aryl methyl sites for hydroxylation is 4. The molecule has 0 bridgehead atoms. The molecule has 18 heavy (non-hydrogen) atoms. The van der Waals surface area contributed by atoms with Gasteiger partial charge in [-0.05, 0) is 46.2 Å². The van der Waals surface area contributed by atoms with Crippen LogP contribution < -0.4 is 5.32 Å². The molecule has 2 aromatic heterocycles. The maximum atomic E-state index is 5.21. The highest BCUT2D eigenvalue weighted by atomic mass is 32.1. The van der Waals surface area contributed by atoms with Crippen molar-refractivity contribution in [3.63, 3.8) is 0 Å². The first-order valence-corrected chi connectivity index (χ1v) is 7.02. The average molecular weight is 264 g/mol. The van der Waals surface area contributed by atoms with E-state index in [1.165, 1.54) is 20.9 Å². The highest BCUT2D eigenvalue weighted by Gasteiger charge is 2.16. The summed E-state index contributed by atoms with van der Waals surface area (Å²) in [7, 11) is 0. The third kappa shape index (κ3) is 2.65. The van der Waals surface area contributed by atoms with Crippen LogP contribution in [0.3, 0.4) is 0 Å². The van der Waals surface area contributed by atoms with Crippen LogP contribution in [-0.4, -0.2) is 5.16 Å². The Morgan fingerprint density at radius 3 is 2.56 bits per heavy atom. The van der Waals surface area contributed by atoms with Crippen LogP contribution in [0, 0.1) is 27.7 Å². The van der Waals surface area contributed by atoms with Crippen molar-refractivity contribution < 1.29 is 4.52 Å². The molecule has 0 aliphatic heterocycles. The lowest BCUT2D eigenvalue weighted by molar-refractivity contribution is 0.390. The molecule has 0 radical (unpaired) electrons. The summed E-state index contributed by atoms with van der Waals surface area (Å²) in [6, 6.07) is 2.52. The Morgan fingerprint density at radius 1 is 1.33 bits per heavy atom. The first kappa shape index (κ1) is 13.3. The van der Waals surface area contributed by atoms with Crippen molar-refractivity contribution in [1.82, 2.24) is 10.5 Å². The standard InChI is InChI=1S/C14H20N2OS/c1-8-6-13(12(5)18-8)7-15-9(2)14-10(3)16-17-11(14)4/h6,9,15H,7H2,1-5H3. The van der Waals surface area contributed by atoms with Crippen LogP contribution in [0.4, 0.5) is 0 Å². The number of nitrogens with one attached hydrogen (secondary N) is 1. The van der Waals surface area contributed by atoms with Crippen molar-refractivity contribution in [3.8, 4) is 0 Å². The molecule has 0 saturated heterocycles. The normalized spacial score (nSPS) is 12.9. The lowest BCUT2D eigenvalue weighted by atomic mass is 10.1. The van der Waals surface area contributed by atoms with Gasteiger partial charge in [-0.25, -0.2) is 0 Å². The minimum absolute atomic E-state index is 0.260. The van der Waals surface area contributed by atoms with E-state index in [9.17, 15) is 0 Å². The number of nitrogens with zero attached hydrogens (tertiary/aromatic N) is 1. The third-order valence-electron chi connectivity index (χ3n) is 3.26. The summed E-state index contributed by atoms with van der Waals surface area (Å²) < 4.78 is 5.21. The largest absolute Gasteiger partial charge is 0.361 e. The van der Waals surface area contributed by atoms with Crippen molar-refractivity contribution in [2.24, 2.45) is 0 Å². The molecule has 0 saturated carbocycles. The Bertz CT molecular complexity index is 522. The van der Waals surface area contributed by atoms with E-state index in [0.29, 0.717) is 0 Å². The zero-order chi connectivity index (χ0) is 13.3. The second-order valence-corrected chi connectivity index (χ2v) is 6.24. The topological polar surface area (TPSA) is 38.1 Å². The van der Waals surface area contributed by atoms with Crippen LogP contribution >= 0.6 is 11.3 Å². The summed E-state index contributed by atoms with van der Waals surface area (Å²) in [5, 5.41) is 7.54. The maximum absolute atomic E-state index is 5.21. The molecule has 0 spiro atoms. The van der Waals surface area contributed by atoms with Gasteiger partial charge in [0.1, 0.15) is 5.76 Å². The van der Waals surface area contributed by atoms with E-state index in [1.807, 2.05) is 25.2 Å². The molecule has 2 aromatic rings. The molecule has 0 aliphatic carbocycles. The minimum Gasteiger partial charge on any atom is -0.361 e. The molecule has 1 N–H and O–H groups in total. The van der Waals surface area contributed by atoms with Gasteiger partial charge >= 0.3 is 0 Å². The monoisotopic (exact) mass is 264 g/mol. The van der Waals surface area contributed by atoms with E-state index in [4.69, 9.17) is 4.52 Å². The van der Waals surface area contributed by atoms with Gasteiger partial charge in [0.2, 0.25) is 0 Å². The zero-order valence-electron chi connectivity index (χ0n) is 11.6. The van der Waals surface area contributed by atoms with Gasteiger partial charge in [0.25, 0.3) is 0 Å². The molecule has 0 aromatic carbocycles. The van der Waals surface area contributed by atoms with Crippen molar-refractivity contribution in [2.75, 3.05) is 0 Å². The summed E-state index contributed by atoms with van der Waals surface area (Å²) in [6.45, 7) is 11.3. The van der Waals surface area contributed by atoms with Crippen molar-refractivity contribution in [3.05, 3.63) is 38.4 Å². The summed E-state index contributed by atoms with van der Waals surface area (Å²) >= 11 is 1.85. The minimum atomic E-state index is 0.260. The molecule has 1 atom stereocenters. The van der Waals surface area contributed by atoms with E-state index in [2.05, 4.69) is 37.3 Å². The number of hydrogen-bond acceptors (Lipinski definition) is 4. The van der Waals surface area contributed by atoms with Crippen molar-refractivity contribution >= 4 is 11.3 Å². The van der Waals surface area contributed by atoms with Crippen LogP contribution in [0.25, 0.3) is 0 Å². The van der Waals surface area contributed by atoms with E-state index in [1.54, 1.807) is 0 Å². The molecule has 0 fully saturated rings. The predicted octanol–water partition coefficient (Wildman–Crippen LogP) is 3.82. The van der Waals surface area contributed by atoms with E-state index >= 15 is 0 Å². The quantitative estimate of drug-likeness (QED) is 0.912. The van der Waals surface area contributed by atoms with Crippen LogP contribution in [0.2, 0.25) is 0 Å². The first-order chi connectivity index (χ1) is 8.49. The fourth-order valence-electron chi connectivity index (χ4n) is 2.33. The van der Waals surface area contributed by atoms with Crippen molar-refractivity contribution in [2.45, 2.75) is 47.2 Å². The average Bonchev–Trinajstić information content (AvgIpc) is 2.79. The summed E-state index contributed by atoms with van der Waals surface area (Å²) in [4.78, 5) is 2.76. The van der Waals surface area contributed by atoms with E-state index in [-0.39, 0.29) is 6.04 Å². The molecular weight excluding hydrogens is 244 g/mol. The molecule has 2 rings (SSSR count). The van der Waals surface area contributed by atoms with Crippen molar-refractivity contribution in [1.29, 1.82) is 0 Å². The number of aromatic nitrogens is 1. The Labute approximate surface area is 112 Å². The van der Waals surface area contributed by atoms with Gasteiger partial charge in [0.05, 0.1) is 5.69 Å². The van der Waals surface area contributed by atoms with Crippen LogP contribution in [-0.2, 0) is 6.54 Å². The second-order valence-electron chi connectivity index (χ2n) is 4.78. The van der Waals surface area contributed by atoms with Gasteiger partial charge in [-0.15, -0.1) is 11.3 Å². The highest BCUT2D eigenvalue weighted by molar-refractivity contribution is 7.12. The number of hydrogen-bond donors (Lipinski definition) is 1. The van der Waals surface area contributed by atoms with Gasteiger partial charge < -0.3 is 9.84 Å². The maximum Gasteiger partial charge on any atom is 0.138 e. The second kappa shape index (κ2) is 5.24. The van der Waals surface area contributed by atoms with Crippen LogP contribution in [0.15, 0.2) is 10.6 Å². The lowest BCUT2D eigenvalue weighted by Crippen LogP contribution is -2.19. The fraction of sp³-hybridized carbons (Fsp3) is 0.500. The molecule has 0 aliphatic rings. The van der Waals surface area contributed by atoms with Gasteiger partial charge in [-0.2, -0.15) is 0 Å². The SMILES string of the molecule is Cc1cc(CNC(C)c2c(C)noc2C)c(C)s1. The molecule has 98 valence electrons. The van der Waals surface area contributed by atoms with E-state index in [0.717, 1.165) is 18.0 Å². The summed E-state index contributed by atoms with van der Waals surface area (Å²) in [5.74, 6) is 0.908. The Hall–Kier alpha value is -1.13. The smallest absolute Gasteiger partial charge is 0.138 e. The van der Waals surface area contributed by atoms with Crippen LogP contribution in [0.5, 0.6) is 0 Å². The Kier molecular flexibility index (Phi) is 3.88. The van der Waals surface area contributed by atoms with Gasteiger partial charge in [0, 0.05) is 27.9 Å². The van der Waals surface area contributed by atoms with Gasteiger partial charge in [0.15, 0.2) is 0 Å². The Balaban J connectivity index is 2.05. The molecular formula is C14H20N2OS. The van der Waals surface area contributed by atoms with Crippen LogP contribution in [0.1, 0.15) is 45.3 Å². The molecule has 1 unspecified atom stereocenters. The highest BCUT2D eigenvalue weighted by Crippen LogP contribution is 2.24. The Morgan fingerprint density at radius 2 is 2.06 bits per heavy atom. The number of thiophene rings is 1. The molecule has 2 heterocycles. The van der Waals surface area contributed by atoms with E-state index < -0.39 is 0 Å². The molecule has 4 heteroatoms. The summed E-state index contributed by atoms with van der Waals surface area (Å²) in [6.07, 6.45) is 0. The summed E-state index contributed by atoms with van der Waals surface area (Å²) in [5.41, 5.74) is 3.54. The lowest BCUT2D eigenvalue weighted by Gasteiger charge is -2.13. The van der Waals surface area contributed by atoms with Gasteiger partial charge in [-0.1, -0.05) is 5.16 Å². The predicted molar refractivity (Wildman–Crippen MR) is 75.0 cm³/mol. The number of rotatable bonds is 4. The third-order valence-corrected chi connectivity index (χ3v) is 4.27. The first-order valence-electron chi connectivity index (χ1n) is 6.21. The fourth-order valence-corrected chi connectivity index (χ4v) is 3.28. The zero-order valence-corrected chi connectivity index (χ0v) is 12.4. The molecule has 3 nitrogen and oxygen atoms in total. The van der Waals surface area contributed by atoms with Gasteiger partial charge in [-0.3, -0.25) is 0 Å².